The van der Waals surface area contributed by atoms with Gasteiger partial charge < -0.3 is 20.3 Å². The molecule has 1 saturated carbocycles. The van der Waals surface area contributed by atoms with E-state index in [-0.39, 0.29) is 17.9 Å². The summed E-state index contributed by atoms with van der Waals surface area (Å²) in [5, 5.41) is 5.88. The SMILES string of the molecule is CCCCNC(=O)C(c1ccc(C)cc1C)N(C(=O)C(Cc1ccccc1)NC(=O)OC(C)(C)C)C1CC1. The van der Waals surface area contributed by atoms with Gasteiger partial charge in [0, 0.05) is 19.0 Å². The maximum atomic E-state index is 14.3. The molecule has 1 aliphatic carbocycles. The molecule has 3 rings (SSSR count). The summed E-state index contributed by atoms with van der Waals surface area (Å²) < 4.78 is 5.50. The van der Waals surface area contributed by atoms with E-state index in [9.17, 15) is 14.4 Å². The monoisotopic (exact) mass is 521 g/mol. The minimum Gasteiger partial charge on any atom is -0.444 e. The van der Waals surface area contributed by atoms with Gasteiger partial charge in [-0.25, -0.2) is 4.79 Å². The molecule has 2 aromatic rings. The second-order valence-corrected chi connectivity index (χ2v) is 11.3. The zero-order chi connectivity index (χ0) is 27.9. The lowest BCUT2D eigenvalue weighted by Crippen LogP contribution is -2.54. The van der Waals surface area contributed by atoms with Crippen molar-refractivity contribution in [3.05, 3.63) is 70.8 Å². The first-order valence-electron chi connectivity index (χ1n) is 13.7. The molecule has 3 amide bonds. The smallest absolute Gasteiger partial charge is 0.408 e. The molecule has 0 heterocycles. The van der Waals surface area contributed by atoms with Gasteiger partial charge in [0.2, 0.25) is 11.8 Å². The van der Waals surface area contributed by atoms with Crippen molar-refractivity contribution in [3.8, 4) is 0 Å². The fourth-order valence-corrected chi connectivity index (χ4v) is 4.59. The molecule has 1 fully saturated rings. The fourth-order valence-electron chi connectivity index (χ4n) is 4.59. The first-order chi connectivity index (χ1) is 18.0. The Morgan fingerprint density at radius 3 is 2.32 bits per heavy atom. The highest BCUT2D eigenvalue weighted by atomic mass is 16.6. The van der Waals surface area contributed by atoms with E-state index in [1.54, 1.807) is 25.7 Å². The molecule has 206 valence electrons. The Hall–Kier alpha value is -3.35. The van der Waals surface area contributed by atoms with Crippen molar-refractivity contribution in [3.63, 3.8) is 0 Å². The number of alkyl carbamates (subject to hydrolysis) is 1. The number of nitrogens with zero attached hydrogens (tertiary/aromatic N) is 1. The van der Waals surface area contributed by atoms with E-state index in [0.29, 0.717) is 13.0 Å². The average Bonchev–Trinajstić information content (AvgIpc) is 3.67. The molecular formula is C31H43N3O4. The standard InChI is InChI=1S/C31H43N3O4/c1-7-8-18-32-28(35)27(25-17-14-21(2)19-22(25)3)34(24-15-16-24)29(36)26(20-23-12-10-9-11-13-23)33-30(37)38-31(4,5)6/h9-14,17,19,24,26-27H,7-8,15-16,18,20H2,1-6H3,(H,32,35)(H,33,37). The van der Waals surface area contributed by atoms with Crippen molar-refractivity contribution < 1.29 is 19.1 Å². The summed E-state index contributed by atoms with van der Waals surface area (Å²) in [6.07, 6.45) is 3.09. The van der Waals surface area contributed by atoms with Gasteiger partial charge in [0.15, 0.2) is 0 Å². The minimum absolute atomic E-state index is 0.0659. The van der Waals surface area contributed by atoms with Gasteiger partial charge in [0.05, 0.1) is 0 Å². The Labute approximate surface area is 227 Å². The molecule has 0 aliphatic heterocycles. The molecule has 7 nitrogen and oxygen atoms in total. The van der Waals surface area contributed by atoms with Crippen molar-refractivity contribution >= 4 is 17.9 Å². The summed E-state index contributed by atoms with van der Waals surface area (Å²) in [5.41, 5.74) is 3.06. The summed E-state index contributed by atoms with van der Waals surface area (Å²) in [5.74, 6) is -0.473. The molecule has 2 unspecified atom stereocenters. The second kappa shape index (κ2) is 12.9. The summed E-state index contributed by atoms with van der Waals surface area (Å²) >= 11 is 0. The van der Waals surface area contributed by atoms with Gasteiger partial charge in [0.1, 0.15) is 17.7 Å². The van der Waals surface area contributed by atoms with Crippen LogP contribution < -0.4 is 10.6 Å². The zero-order valence-electron chi connectivity index (χ0n) is 23.7. The molecule has 2 N–H and O–H groups in total. The van der Waals surface area contributed by atoms with Gasteiger partial charge in [-0.05, 0) is 70.6 Å². The highest BCUT2D eigenvalue weighted by Gasteiger charge is 2.44. The molecule has 0 saturated heterocycles. The van der Waals surface area contributed by atoms with Crippen LogP contribution in [0.2, 0.25) is 0 Å². The highest BCUT2D eigenvalue weighted by molar-refractivity contribution is 5.93. The molecule has 0 spiro atoms. The van der Waals surface area contributed by atoms with E-state index < -0.39 is 23.8 Å². The van der Waals surface area contributed by atoms with Crippen LogP contribution in [0.3, 0.4) is 0 Å². The fraction of sp³-hybridized carbons (Fsp3) is 0.516. The number of hydrogen-bond donors (Lipinski definition) is 2. The Balaban J connectivity index is 2.00. The van der Waals surface area contributed by atoms with Crippen LogP contribution in [0.1, 0.15) is 81.7 Å². The molecule has 2 aromatic carbocycles. The van der Waals surface area contributed by atoms with E-state index in [1.165, 1.54) is 0 Å². The number of unbranched alkanes of at least 4 members (excludes halogenated alkanes) is 1. The van der Waals surface area contributed by atoms with Crippen LogP contribution in [0, 0.1) is 13.8 Å². The highest BCUT2D eigenvalue weighted by Crippen LogP contribution is 2.37. The lowest BCUT2D eigenvalue weighted by atomic mass is 9.95. The van der Waals surface area contributed by atoms with Gasteiger partial charge in [-0.2, -0.15) is 0 Å². The van der Waals surface area contributed by atoms with Crippen LogP contribution in [-0.2, 0) is 20.7 Å². The molecule has 7 heteroatoms. The van der Waals surface area contributed by atoms with Crippen molar-refractivity contribution in [1.29, 1.82) is 0 Å². The van der Waals surface area contributed by atoms with Crippen molar-refractivity contribution in [1.82, 2.24) is 15.5 Å². The van der Waals surface area contributed by atoms with Crippen LogP contribution in [0.15, 0.2) is 48.5 Å². The molecule has 38 heavy (non-hydrogen) atoms. The third-order valence-electron chi connectivity index (χ3n) is 6.54. The summed E-state index contributed by atoms with van der Waals surface area (Å²) in [6.45, 7) is 12.0. The van der Waals surface area contributed by atoms with Gasteiger partial charge in [0.25, 0.3) is 0 Å². The molecule has 1 aliphatic rings. The number of carbonyl (C=O) groups excluding carboxylic acids is 3. The van der Waals surface area contributed by atoms with Gasteiger partial charge in [-0.3, -0.25) is 9.59 Å². The van der Waals surface area contributed by atoms with E-state index >= 15 is 0 Å². The normalized spacial score (nSPS) is 14.8. The Kier molecular flexibility index (Phi) is 9.95. The third-order valence-corrected chi connectivity index (χ3v) is 6.54. The Morgan fingerprint density at radius 2 is 1.74 bits per heavy atom. The van der Waals surface area contributed by atoms with Gasteiger partial charge >= 0.3 is 6.09 Å². The predicted octanol–water partition coefficient (Wildman–Crippen LogP) is 5.39. The van der Waals surface area contributed by atoms with E-state index in [4.69, 9.17) is 4.74 Å². The zero-order valence-corrected chi connectivity index (χ0v) is 23.7. The third kappa shape index (κ3) is 8.33. The minimum atomic E-state index is -0.885. The average molecular weight is 522 g/mol. The van der Waals surface area contributed by atoms with Crippen LogP contribution in [0.25, 0.3) is 0 Å². The Morgan fingerprint density at radius 1 is 1.05 bits per heavy atom. The number of amides is 3. The van der Waals surface area contributed by atoms with E-state index in [1.807, 2.05) is 62.4 Å². The second-order valence-electron chi connectivity index (χ2n) is 11.3. The topological polar surface area (TPSA) is 87.7 Å². The van der Waals surface area contributed by atoms with Crippen molar-refractivity contribution in [2.24, 2.45) is 0 Å². The molecular weight excluding hydrogens is 478 g/mol. The van der Waals surface area contributed by atoms with E-state index in [0.717, 1.165) is 47.9 Å². The van der Waals surface area contributed by atoms with Crippen LogP contribution in [0.4, 0.5) is 4.79 Å². The molecule has 2 atom stereocenters. The number of nitrogens with one attached hydrogen (secondary N) is 2. The first kappa shape index (κ1) is 29.2. The predicted molar refractivity (Wildman–Crippen MR) is 150 cm³/mol. The summed E-state index contributed by atoms with van der Waals surface area (Å²) in [6, 6.07) is 13.8. The first-order valence-corrected chi connectivity index (χ1v) is 13.7. The maximum absolute atomic E-state index is 14.3. The van der Waals surface area contributed by atoms with Crippen molar-refractivity contribution in [2.45, 2.75) is 97.4 Å². The van der Waals surface area contributed by atoms with Gasteiger partial charge in [-0.1, -0.05) is 67.4 Å². The summed E-state index contributed by atoms with van der Waals surface area (Å²) in [7, 11) is 0. The number of carbonyl (C=O) groups is 3. The molecule has 0 bridgehead atoms. The maximum Gasteiger partial charge on any atom is 0.408 e. The number of ether oxygens (including phenoxy) is 1. The van der Waals surface area contributed by atoms with Crippen molar-refractivity contribution in [2.75, 3.05) is 6.54 Å². The molecule has 0 aromatic heterocycles. The van der Waals surface area contributed by atoms with Gasteiger partial charge in [-0.15, -0.1) is 0 Å². The number of benzene rings is 2. The van der Waals surface area contributed by atoms with Crippen LogP contribution >= 0.6 is 0 Å². The lowest BCUT2D eigenvalue weighted by molar-refractivity contribution is -0.143. The summed E-state index contributed by atoms with van der Waals surface area (Å²) in [4.78, 5) is 42.6. The van der Waals surface area contributed by atoms with Crippen LogP contribution in [0.5, 0.6) is 0 Å². The van der Waals surface area contributed by atoms with E-state index in [2.05, 4.69) is 17.6 Å². The number of aryl methyl sites for hydroxylation is 2. The largest absolute Gasteiger partial charge is 0.444 e. The lowest BCUT2D eigenvalue weighted by Gasteiger charge is -2.35. The number of rotatable bonds is 11. The quantitative estimate of drug-likeness (QED) is 0.388. The Bertz CT molecular complexity index is 1110. The molecule has 0 radical (unpaired) electrons. The number of hydrogen-bond acceptors (Lipinski definition) is 4. The van der Waals surface area contributed by atoms with Crippen LogP contribution in [-0.4, -0.2) is 47.0 Å².